The molecule has 1 heterocycles. The standard InChI is InChI=1S/C25H17Cl3N2O3/c26-19-7-1-4-16(12-19)22(31)15-23-29(24(32)17-5-2-8-20(27)13-17)10-11-30(23)25(33)18-6-3-9-21(28)14-18/h1-9,12-15H,10-11H2. The molecule has 0 bridgehead atoms. The van der Waals surface area contributed by atoms with Crippen molar-refractivity contribution in [3.63, 3.8) is 0 Å². The average Bonchev–Trinajstić information content (AvgIpc) is 3.21. The highest BCUT2D eigenvalue weighted by Gasteiger charge is 2.35. The molecular formula is C25H17Cl3N2O3. The number of hydrogen-bond donors (Lipinski definition) is 0. The Hall–Kier alpha value is -3.12. The molecule has 0 atom stereocenters. The zero-order chi connectivity index (χ0) is 23.5. The molecule has 2 amide bonds. The number of carbonyl (C=O) groups excluding carboxylic acids is 3. The van der Waals surface area contributed by atoms with E-state index in [0.29, 0.717) is 31.8 Å². The first-order chi connectivity index (χ1) is 15.8. The van der Waals surface area contributed by atoms with Gasteiger partial charge in [-0.2, -0.15) is 0 Å². The molecule has 1 aliphatic heterocycles. The number of rotatable bonds is 4. The van der Waals surface area contributed by atoms with Crippen LogP contribution in [0, 0.1) is 0 Å². The number of ketones is 1. The van der Waals surface area contributed by atoms with Crippen LogP contribution in [-0.2, 0) is 0 Å². The first-order valence-corrected chi connectivity index (χ1v) is 11.1. The molecule has 1 aliphatic rings. The maximum absolute atomic E-state index is 13.3. The Bertz CT molecular complexity index is 1220. The second-order valence-corrected chi connectivity index (χ2v) is 8.62. The molecule has 0 saturated carbocycles. The largest absolute Gasteiger partial charge is 0.292 e. The molecule has 3 aromatic carbocycles. The van der Waals surface area contributed by atoms with Crippen molar-refractivity contribution < 1.29 is 14.4 Å². The van der Waals surface area contributed by atoms with E-state index in [2.05, 4.69) is 0 Å². The summed E-state index contributed by atoms with van der Waals surface area (Å²) in [5, 5.41) is 1.23. The van der Waals surface area contributed by atoms with E-state index in [1.165, 1.54) is 21.9 Å². The summed E-state index contributed by atoms with van der Waals surface area (Å²) in [6.45, 7) is 0.429. The van der Waals surface area contributed by atoms with Crippen LogP contribution >= 0.6 is 34.8 Å². The maximum Gasteiger partial charge on any atom is 0.259 e. The van der Waals surface area contributed by atoms with Gasteiger partial charge < -0.3 is 0 Å². The van der Waals surface area contributed by atoms with Crippen molar-refractivity contribution in [3.05, 3.63) is 116 Å². The zero-order valence-corrected chi connectivity index (χ0v) is 19.4. The minimum Gasteiger partial charge on any atom is -0.292 e. The van der Waals surface area contributed by atoms with E-state index in [9.17, 15) is 14.4 Å². The van der Waals surface area contributed by atoms with Gasteiger partial charge in [0.1, 0.15) is 5.82 Å². The number of amides is 2. The molecule has 1 fully saturated rings. The lowest BCUT2D eigenvalue weighted by atomic mass is 10.1. The Balaban J connectivity index is 1.74. The van der Waals surface area contributed by atoms with E-state index in [1.54, 1.807) is 66.7 Å². The molecule has 0 spiro atoms. The summed E-state index contributed by atoms with van der Waals surface area (Å²) in [7, 11) is 0. The van der Waals surface area contributed by atoms with Gasteiger partial charge in [-0.15, -0.1) is 0 Å². The van der Waals surface area contributed by atoms with Gasteiger partial charge in [-0.25, -0.2) is 0 Å². The molecular weight excluding hydrogens is 483 g/mol. The van der Waals surface area contributed by atoms with Gasteiger partial charge in [-0.05, 0) is 48.5 Å². The second kappa shape index (κ2) is 9.79. The van der Waals surface area contributed by atoms with Crippen molar-refractivity contribution in [2.24, 2.45) is 0 Å². The first-order valence-electron chi connectivity index (χ1n) is 10.00. The lowest BCUT2D eigenvalue weighted by Gasteiger charge is -2.22. The Morgan fingerprint density at radius 1 is 0.636 bits per heavy atom. The number of halogens is 3. The summed E-state index contributed by atoms with van der Waals surface area (Å²) in [5.41, 5.74) is 1.04. The summed E-state index contributed by atoms with van der Waals surface area (Å²) in [4.78, 5) is 42.4. The van der Waals surface area contributed by atoms with Crippen molar-refractivity contribution in [1.29, 1.82) is 0 Å². The third-order valence-corrected chi connectivity index (χ3v) is 5.81. The normalized spacial score (nSPS) is 13.2. The number of carbonyl (C=O) groups is 3. The predicted molar refractivity (Wildman–Crippen MR) is 129 cm³/mol. The van der Waals surface area contributed by atoms with Gasteiger partial charge in [-0.3, -0.25) is 24.2 Å². The topological polar surface area (TPSA) is 57.7 Å². The summed E-state index contributed by atoms with van der Waals surface area (Å²) >= 11 is 18.1. The minimum absolute atomic E-state index is 0.176. The number of nitrogens with zero attached hydrogens (tertiary/aromatic N) is 2. The van der Waals surface area contributed by atoms with Crippen molar-refractivity contribution >= 4 is 52.4 Å². The van der Waals surface area contributed by atoms with Gasteiger partial charge in [0.25, 0.3) is 11.8 Å². The Morgan fingerprint density at radius 2 is 1.03 bits per heavy atom. The average molecular weight is 500 g/mol. The monoisotopic (exact) mass is 498 g/mol. The fourth-order valence-electron chi connectivity index (χ4n) is 3.54. The van der Waals surface area contributed by atoms with Crippen LogP contribution in [0.3, 0.4) is 0 Å². The van der Waals surface area contributed by atoms with Crippen LogP contribution in [0.15, 0.2) is 84.7 Å². The van der Waals surface area contributed by atoms with Crippen LogP contribution in [-0.4, -0.2) is 40.5 Å². The molecule has 3 aromatic rings. The molecule has 166 valence electrons. The molecule has 0 radical (unpaired) electrons. The van der Waals surface area contributed by atoms with Gasteiger partial charge >= 0.3 is 0 Å². The molecule has 5 nitrogen and oxygen atoms in total. The van der Waals surface area contributed by atoms with E-state index in [4.69, 9.17) is 34.8 Å². The van der Waals surface area contributed by atoms with Gasteiger partial charge in [-0.1, -0.05) is 59.1 Å². The second-order valence-electron chi connectivity index (χ2n) is 7.31. The van der Waals surface area contributed by atoms with E-state index in [1.807, 2.05) is 0 Å². The highest BCUT2D eigenvalue weighted by molar-refractivity contribution is 6.31. The van der Waals surface area contributed by atoms with E-state index in [0.717, 1.165) is 0 Å². The van der Waals surface area contributed by atoms with E-state index in [-0.39, 0.29) is 36.5 Å². The van der Waals surface area contributed by atoms with Crippen molar-refractivity contribution in [2.75, 3.05) is 13.1 Å². The summed E-state index contributed by atoms with van der Waals surface area (Å²) in [6.07, 6.45) is 1.28. The van der Waals surface area contributed by atoms with Crippen molar-refractivity contribution in [2.45, 2.75) is 0 Å². The van der Waals surface area contributed by atoms with Crippen LogP contribution in [0.5, 0.6) is 0 Å². The minimum atomic E-state index is -0.387. The fourth-order valence-corrected chi connectivity index (χ4v) is 4.11. The molecule has 0 N–H and O–H groups in total. The third-order valence-electron chi connectivity index (χ3n) is 5.10. The van der Waals surface area contributed by atoms with Crippen molar-refractivity contribution in [1.82, 2.24) is 9.80 Å². The molecule has 8 heteroatoms. The van der Waals surface area contributed by atoms with Crippen LogP contribution in [0.25, 0.3) is 0 Å². The summed E-state index contributed by atoms with van der Waals surface area (Å²) in [6, 6.07) is 19.5. The first kappa shape index (κ1) is 23.1. The van der Waals surface area contributed by atoms with Gasteiger partial charge in [0.05, 0.1) is 0 Å². The Kier molecular flexibility index (Phi) is 6.84. The van der Waals surface area contributed by atoms with Crippen molar-refractivity contribution in [3.8, 4) is 0 Å². The number of benzene rings is 3. The number of allylic oxidation sites excluding steroid dienone is 1. The molecule has 1 saturated heterocycles. The van der Waals surface area contributed by atoms with Crippen LogP contribution in [0.1, 0.15) is 31.1 Å². The smallest absolute Gasteiger partial charge is 0.259 e. The van der Waals surface area contributed by atoms with Gasteiger partial charge in [0.15, 0.2) is 5.78 Å². The molecule has 33 heavy (non-hydrogen) atoms. The Labute approximate surface area is 205 Å². The predicted octanol–water partition coefficient (Wildman–Crippen LogP) is 5.97. The lowest BCUT2D eigenvalue weighted by Crippen LogP contribution is -2.32. The quantitative estimate of drug-likeness (QED) is 0.328. The molecule has 0 aromatic heterocycles. The van der Waals surface area contributed by atoms with E-state index >= 15 is 0 Å². The lowest BCUT2D eigenvalue weighted by molar-refractivity contribution is 0.0780. The number of hydrogen-bond acceptors (Lipinski definition) is 3. The Morgan fingerprint density at radius 3 is 1.45 bits per heavy atom. The molecule has 0 aliphatic carbocycles. The summed E-state index contributed by atoms with van der Waals surface area (Å²) < 4.78 is 0. The highest BCUT2D eigenvalue weighted by atomic mass is 35.5. The molecule has 0 unspecified atom stereocenters. The SMILES string of the molecule is O=C(C=C1N(C(=O)c2cccc(Cl)c2)CCN1C(=O)c1cccc(Cl)c1)c1cccc(Cl)c1. The van der Waals surface area contributed by atoms with Crippen LogP contribution < -0.4 is 0 Å². The zero-order valence-electron chi connectivity index (χ0n) is 17.2. The van der Waals surface area contributed by atoms with Crippen LogP contribution in [0.2, 0.25) is 15.1 Å². The highest BCUT2D eigenvalue weighted by Crippen LogP contribution is 2.26. The van der Waals surface area contributed by atoms with E-state index < -0.39 is 0 Å². The fraction of sp³-hybridized carbons (Fsp3) is 0.0800. The van der Waals surface area contributed by atoms with Gasteiger partial charge in [0, 0.05) is 50.9 Å². The van der Waals surface area contributed by atoms with Gasteiger partial charge in [0.2, 0.25) is 0 Å². The summed E-state index contributed by atoms with van der Waals surface area (Å²) in [5.74, 6) is -0.954. The third kappa shape index (κ3) is 5.11. The maximum atomic E-state index is 13.3. The van der Waals surface area contributed by atoms with Crippen LogP contribution in [0.4, 0.5) is 0 Å². The molecule has 4 rings (SSSR count).